The van der Waals surface area contributed by atoms with Gasteiger partial charge in [-0.3, -0.25) is 0 Å². The van der Waals surface area contributed by atoms with E-state index < -0.39 is 11.5 Å². The van der Waals surface area contributed by atoms with Crippen LogP contribution < -0.4 is 0 Å². The molecule has 0 aliphatic rings. The summed E-state index contributed by atoms with van der Waals surface area (Å²) < 4.78 is 1.45. The maximum Gasteiger partial charge on any atom is 0.202 e. The number of hydrogen-bond acceptors (Lipinski definition) is 5. The number of rotatable bonds is 1. The Morgan fingerprint density at radius 1 is 0.900 bits per heavy atom. The molecule has 3 aromatic rings. The standard InChI is InChI=1S/C14H13N3O3/c1-7-8(2)12(18)14(20)13(19)11(7)17-10-6-4-3-5-9(10)15-16-17/h3-6,18-20H,1-2H3. The van der Waals surface area contributed by atoms with Gasteiger partial charge in [0.05, 0.1) is 5.52 Å². The molecule has 0 radical (unpaired) electrons. The van der Waals surface area contributed by atoms with Crippen molar-refractivity contribution in [3.63, 3.8) is 0 Å². The molecule has 6 heteroatoms. The number of para-hydroxylation sites is 1. The van der Waals surface area contributed by atoms with Crippen LogP contribution >= 0.6 is 0 Å². The number of aromatic nitrogens is 3. The van der Waals surface area contributed by atoms with Gasteiger partial charge in [-0.1, -0.05) is 17.3 Å². The lowest BCUT2D eigenvalue weighted by molar-refractivity contribution is 0.364. The molecule has 102 valence electrons. The van der Waals surface area contributed by atoms with Gasteiger partial charge in [0, 0.05) is 0 Å². The van der Waals surface area contributed by atoms with Crippen LogP contribution in [0.2, 0.25) is 0 Å². The van der Waals surface area contributed by atoms with Crippen LogP contribution in [0.3, 0.4) is 0 Å². The first-order valence-corrected chi connectivity index (χ1v) is 6.07. The first kappa shape index (κ1) is 12.3. The van der Waals surface area contributed by atoms with Crippen molar-refractivity contribution in [2.45, 2.75) is 13.8 Å². The summed E-state index contributed by atoms with van der Waals surface area (Å²) in [5, 5.41) is 37.7. The lowest BCUT2D eigenvalue weighted by Crippen LogP contribution is -2.02. The van der Waals surface area contributed by atoms with Crippen molar-refractivity contribution in [3.8, 4) is 22.9 Å². The summed E-state index contributed by atoms with van der Waals surface area (Å²) in [6, 6.07) is 7.29. The van der Waals surface area contributed by atoms with E-state index in [1.807, 2.05) is 18.2 Å². The Kier molecular flexibility index (Phi) is 2.53. The molecule has 6 nitrogen and oxygen atoms in total. The van der Waals surface area contributed by atoms with Crippen molar-refractivity contribution in [2.75, 3.05) is 0 Å². The number of phenols is 3. The Morgan fingerprint density at radius 2 is 1.60 bits per heavy atom. The lowest BCUT2D eigenvalue weighted by Gasteiger charge is -2.14. The second-order valence-corrected chi connectivity index (χ2v) is 4.63. The maximum atomic E-state index is 10.1. The van der Waals surface area contributed by atoms with Crippen LogP contribution in [-0.4, -0.2) is 30.3 Å². The summed E-state index contributed by atoms with van der Waals surface area (Å²) in [6.45, 7) is 3.40. The minimum absolute atomic E-state index is 0.312. The van der Waals surface area contributed by atoms with E-state index in [0.717, 1.165) is 0 Å². The van der Waals surface area contributed by atoms with Crippen molar-refractivity contribution in [1.29, 1.82) is 0 Å². The number of hydrogen-bond donors (Lipinski definition) is 3. The number of phenolic OH excluding ortho intramolecular Hbond substituents is 3. The monoisotopic (exact) mass is 271 g/mol. The van der Waals surface area contributed by atoms with Crippen molar-refractivity contribution in [3.05, 3.63) is 35.4 Å². The molecular formula is C14H13N3O3. The van der Waals surface area contributed by atoms with Gasteiger partial charge in [-0.2, -0.15) is 0 Å². The molecule has 0 atom stereocenters. The second-order valence-electron chi connectivity index (χ2n) is 4.63. The van der Waals surface area contributed by atoms with Gasteiger partial charge in [-0.05, 0) is 37.1 Å². The van der Waals surface area contributed by atoms with Gasteiger partial charge < -0.3 is 15.3 Å². The zero-order valence-electron chi connectivity index (χ0n) is 11.0. The van der Waals surface area contributed by atoms with E-state index in [1.54, 1.807) is 19.9 Å². The SMILES string of the molecule is Cc1c(C)c(-n2nnc3ccccc32)c(O)c(O)c1O. The molecule has 0 amide bonds. The molecule has 0 saturated carbocycles. The highest BCUT2D eigenvalue weighted by Crippen LogP contribution is 2.44. The van der Waals surface area contributed by atoms with Crippen LogP contribution in [0.25, 0.3) is 16.7 Å². The summed E-state index contributed by atoms with van der Waals surface area (Å²) in [5.74, 6) is -1.29. The van der Waals surface area contributed by atoms with Crippen molar-refractivity contribution < 1.29 is 15.3 Å². The van der Waals surface area contributed by atoms with Crippen LogP contribution in [-0.2, 0) is 0 Å². The van der Waals surface area contributed by atoms with Crippen LogP contribution in [0, 0.1) is 13.8 Å². The summed E-state index contributed by atoms with van der Waals surface area (Å²) in [7, 11) is 0. The van der Waals surface area contributed by atoms with E-state index in [0.29, 0.717) is 27.8 Å². The van der Waals surface area contributed by atoms with E-state index in [9.17, 15) is 15.3 Å². The Morgan fingerprint density at radius 3 is 2.35 bits per heavy atom. The quantitative estimate of drug-likeness (QED) is 0.590. The van der Waals surface area contributed by atoms with Gasteiger partial charge in [0.2, 0.25) is 5.75 Å². The molecule has 0 unspecified atom stereocenters. The Labute approximate surface area is 114 Å². The normalized spacial score (nSPS) is 11.1. The topological polar surface area (TPSA) is 91.4 Å². The minimum atomic E-state index is -0.553. The second kappa shape index (κ2) is 4.12. The fourth-order valence-corrected chi connectivity index (χ4v) is 2.23. The molecule has 1 heterocycles. The molecule has 0 fully saturated rings. The molecule has 2 aromatic carbocycles. The van der Waals surface area contributed by atoms with Gasteiger partial charge >= 0.3 is 0 Å². The molecule has 20 heavy (non-hydrogen) atoms. The average Bonchev–Trinajstić information content (AvgIpc) is 2.87. The highest BCUT2D eigenvalue weighted by Gasteiger charge is 2.22. The van der Waals surface area contributed by atoms with Crippen molar-refractivity contribution in [1.82, 2.24) is 15.0 Å². The first-order valence-electron chi connectivity index (χ1n) is 6.07. The molecule has 0 bridgehead atoms. The molecule has 3 N–H and O–H groups in total. The lowest BCUT2D eigenvalue weighted by atomic mass is 10.0. The van der Waals surface area contributed by atoms with Crippen LogP contribution in [0.5, 0.6) is 17.2 Å². The van der Waals surface area contributed by atoms with Gasteiger partial charge in [0.25, 0.3) is 0 Å². The predicted molar refractivity (Wildman–Crippen MR) is 73.3 cm³/mol. The average molecular weight is 271 g/mol. The van der Waals surface area contributed by atoms with Crippen molar-refractivity contribution in [2.24, 2.45) is 0 Å². The molecule has 3 rings (SSSR count). The summed E-state index contributed by atoms with van der Waals surface area (Å²) >= 11 is 0. The minimum Gasteiger partial charge on any atom is -0.504 e. The van der Waals surface area contributed by atoms with Gasteiger partial charge in [0.15, 0.2) is 11.5 Å². The zero-order valence-corrected chi connectivity index (χ0v) is 11.0. The van der Waals surface area contributed by atoms with E-state index in [2.05, 4.69) is 10.3 Å². The summed E-state index contributed by atoms with van der Waals surface area (Å²) in [5.41, 5.74) is 2.79. The third-order valence-electron chi connectivity index (χ3n) is 3.51. The summed E-state index contributed by atoms with van der Waals surface area (Å²) in [4.78, 5) is 0. The third-order valence-corrected chi connectivity index (χ3v) is 3.51. The predicted octanol–water partition coefficient (Wildman–Crippen LogP) is 2.15. The number of benzene rings is 2. The van der Waals surface area contributed by atoms with Gasteiger partial charge in [-0.15, -0.1) is 5.10 Å². The Balaban J connectivity index is 2.41. The maximum absolute atomic E-state index is 10.1. The van der Waals surface area contributed by atoms with Gasteiger partial charge in [-0.25, -0.2) is 4.68 Å². The number of nitrogens with zero attached hydrogens (tertiary/aromatic N) is 3. The number of fused-ring (bicyclic) bond motifs is 1. The Bertz CT molecular complexity index is 795. The van der Waals surface area contributed by atoms with Gasteiger partial charge in [0.1, 0.15) is 11.2 Å². The molecule has 0 saturated heterocycles. The Hall–Kier alpha value is -2.76. The molecular weight excluding hydrogens is 258 g/mol. The molecule has 0 aliphatic heterocycles. The third kappa shape index (κ3) is 1.51. The largest absolute Gasteiger partial charge is 0.504 e. The smallest absolute Gasteiger partial charge is 0.202 e. The molecule has 0 aliphatic carbocycles. The van der Waals surface area contributed by atoms with E-state index in [1.165, 1.54) is 4.68 Å². The van der Waals surface area contributed by atoms with Crippen LogP contribution in [0.1, 0.15) is 11.1 Å². The van der Waals surface area contributed by atoms with E-state index >= 15 is 0 Å². The fourth-order valence-electron chi connectivity index (χ4n) is 2.23. The fraction of sp³-hybridized carbons (Fsp3) is 0.143. The number of aromatic hydroxyl groups is 3. The zero-order chi connectivity index (χ0) is 14.4. The molecule has 1 aromatic heterocycles. The summed E-state index contributed by atoms with van der Waals surface area (Å²) in [6.07, 6.45) is 0. The van der Waals surface area contributed by atoms with E-state index in [4.69, 9.17) is 0 Å². The molecule has 0 spiro atoms. The first-order chi connectivity index (χ1) is 9.52. The van der Waals surface area contributed by atoms with Crippen LogP contribution in [0.4, 0.5) is 0 Å². The van der Waals surface area contributed by atoms with Crippen LogP contribution in [0.15, 0.2) is 24.3 Å². The highest BCUT2D eigenvalue weighted by atomic mass is 16.3. The van der Waals surface area contributed by atoms with E-state index in [-0.39, 0.29) is 5.75 Å². The highest BCUT2D eigenvalue weighted by molar-refractivity contribution is 5.78. The van der Waals surface area contributed by atoms with Crippen molar-refractivity contribution >= 4 is 11.0 Å².